The Bertz CT molecular complexity index is 1400. The molecule has 56 heavy (non-hydrogen) atoms. The van der Waals surface area contributed by atoms with Gasteiger partial charge in [0.15, 0.2) is 0 Å². The molecule has 0 heterocycles. The number of hydrogen-bond donors (Lipinski definition) is 8. The molecule has 0 saturated heterocycles. The summed E-state index contributed by atoms with van der Waals surface area (Å²) in [5, 5.41) is 70.0. The Labute approximate surface area is 332 Å². The molecule has 0 bridgehead atoms. The SMILES string of the molecule is Cc1ccc(COCC(O)CO)cc1.OCC(O)COCCCc1ccccc1.OCC(O)COCCc1ccccc1.OCC(O)COCc1ccccc1. The Kier molecular flexibility index (Phi) is 31.2. The van der Waals surface area contributed by atoms with Gasteiger partial charge in [0.25, 0.3) is 0 Å². The third kappa shape index (κ3) is 28.8. The zero-order chi connectivity index (χ0) is 41.1. The van der Waals surface area contributed by atoms with E-state index in [-0.39, 0.29) is 52.9 Å². The largest absolute Gasteiger partial charge is 0.394 e. The van der Waals surface area contributed by atoms with Crippen molar-refractivity contribution in [3.8, 4) is 0 Å². The molecule has 4 atom stereocenters. The minimum absolute atomic E-state index is 0.171. The highest BCUT2D eigenvalue weighted by Crippen LogP contribution is 2.05. The molecule has 4 unspecified atom stereocenters. The number of aliphatic hydroxyl groups is 8. The number of rotatable bonds is 23. The first-order valence-corrected chi connectivity index (χ1v) is 18.8. The second-order valence-electron chi connectivity index (χ2n) is 12.8. The van der Waals surface area contributed by atoms with Crippen molar-refractivity contribution in [1.82, 2.24) is 0 Å². The molecule has 0 radical (unpaired) electrons. The topological polar surface area (TPSA) is 199 Å². The molecule has 4 rings (SSSR count). The Morgan fingerprint density at radius 2 is 0.732 bits per heavy atom. The van der Waals surface area contributed by atoms with Gasteiger partial charge in [-0.2, -0.15) is 0 Å². The lowest BCUT2D eigenvalue weighted by Crippen LogP contribution is -2.20. The maximum Gasteiger partial charge on any atom is 0.100 e. The lowest BCUT2D eigenvalue weighted by molar-refractivity contribution is 0.0000228. The van der Waals surface area contributed by atoms with Gasteiger partial charge in [-0.05, 0) is 48.4 Å². The number of aryl methyl sites for hydroxylation is 2. The Balaban J connectivity index is 0.000000374. The van der Waals surface area contributed by atoms with Crippen LogP contribution in [0.5, 0.6) is 0 Å². The zero-order valence-electron chi connectivity index (χ0n) is 32.6. The lowest BCUT2D eigenvalue weighted by Gasteiger charge is -2.08. The lowest BCUT2D eigenvalue weighted by atomic mass is 10.1. The molecule has 0 aliphatic heterocycles. The summed E-state index contributed by atoms with van der Waals surface area (Å²) < 4.78 is 20.7. The van der Waals surface area contributed by atoms with Crippen LogP contribution in [0, 0.1) is 6.92 Å². The molecule has 4 aromatic carbocycles. The summed E-state index contributed by atoms with van der Waals surface area (Å²) in [6, 6.07) is 37.9. The average Bonchev–Trinajstić information content (AvgIpc) is 3.24. The molecule has 0 aromatic heterocycles. The molecule has 0 amide bonds. The highest BCUT2D eigenvalue weighted by atomic mass is 16.5. The summed E-state index contributed by atoms with van der Waals surface area (Å²) in [7, 11) is 0. The minimum Gasteiger partial charge on any atom is -0.394 e. The van der Waals surface area contributed by atoms with E-state index in [4.69, 9.17) is 59.8 Å². The van der Waals surface area contributed by atoms with Gasteiger partial charge >= 0.3 is 0 Å². The first-order chi connectivity index (χ1) is 27.2. The number of benzene rings is 4. The van der Waals surface area contributed by atoms with Gasteiger partial charge in [-0.3, -0.25) is 0 Å². The van der Waals surface area contributed by atoms with Crippen LogP contribution < -0.4 is 0 Å². The van der Waals surface area contributed by atoms with E-state index in [1.807, 2.05) is 110 Å². The quantitative estimate of drug-likeness (QED) is 0.0513. The molecule has 0 fully saturated rings. The average molecular weight is 785 g/mol. The molecule has 12 nitrogen and oxygen atoms in total. The van der Waals surface area contributed by atoms with E-state index in [9.17, 15) is 0 Å². The van der Waals surface area contributed by atoms with Gasteiger partial charge in [-0.1, -0.05) is 121 Å². The molecule has 4 aromatic rings. The number of hydrogen-bond acceptors (Lipinski definition) is 12. The number of ether oxygens (including phenoxy) is 4. The van der Waals surface area contributed by atoms with E-state index < -0.39 is 24.4 Å². The van der Waals surface area contributed by atoms with Crippen molar-refractivity contribution < 1.29 is 59.8 Å². The Hall–Kier alpha value is -3.60. The van der Waals surface area contributed by atoms with Crippen LogP contribution in [0.3, 0.4) is 0 Å². The van der Waals surface area contributed by atoms with Crippen LogP contribution >= 0.6 is 0 Å². The molecule has 8 N–H and O–H groups in total. The fourth-order valence-corrected chi connectivity index (χ4v) is 4.39. The normalized spacial score (nSPS) is 12.7. The summed E-state index contributed by atoms with van der Waals surface area (Å²) in [4.78, 5) is 0. The van der Waals surface area contributed by atoms with Crippen LogP contribution in [-0.2, 0) is 45.0 Å². The summed E-state index contributed by atoms with van der Waals surface area (Å²) in [6.07, 6.45) is -0.311. The Morgan fingerprint density at radius 1 is 0.393 bits per heavy atom. The van der Waals surface area contributed by atoms with Gasteiger partial charge in [-0.15, -0.1) is 0 Å². The fourth-order valence-electron chi connectivity index (χ4n) is 4.39. The molecular weight excluding hydrogens is 720 g/mol. The summed E-state index contributed by atoms with van der Waals surface area (Å²) in [5.74, 6) is 0. The molecule has 312 valence electrons. The predicted molar refractivity (Wildman–Crippen MR) is 216 cm³/mol. The van der Waals surface area contributed by atoms with E-state index >= 15 is 0 Å². The van der Waals surface area contributed by atoms with Crippen molar-refractivity contribution >= 4 is 0 Å². The number of aliphatic hydroxyl groups excluding tert-OH is 8. The van der Waals surface area contributed by atoms with E-state index in [0.29, 0.717) is 26.4 Å². The van der Waals surface area contributed by atoms with Gasteiger partial charge in [0.05, 0.1) is 72.7 Å². The van der Waals surface area contributed by atoms with Crippen LogP contribution in [0.4, 0.5) is 0 Å². The van der Waals surface area contributed by atoms with Crippen molar-refractivity contribution in [2.75, 3.05) is 66.1 Å². The van der Waals surface area contributed by atoms with Gasteiger partial charge in [0.1, 0.15) is 24.4 Å². The van der Waals surface area contributed by atoms with E-state index in [1.165, 1.54) is 16.7 Å². The molecular formula is C44H64O12. The smallest absolute Gasteiger partial charge is 0.100 e. The summed E-state index contributed by atoms with van der Waals surface area (Å²) in [6.45, 7) is 3.92. The van der Waals surface area contributed by atoms with Gasteiger partial charge in [0, 0.05) is 6.61 Å². The van der Waals surface area contributed by atoms with Crippen molar-refractivity contribution in [1.29, 1.82) is 0 Å². The van der Waals surface area contributed by atoms with Gasteiger partial charge in [-0.25, -0.2) is 0 Å². The first-order valence-electron chi connectivity index (χ1n) is 18.8. The van der Waals surface area contributed by atoms with Crippen LogP contribution in [0.15, 0.2) is 115 Å². The minimum atomic E-state index is -0.777. The van der Waals surface area contributed by atoms with Crippen molar-refractivity contribution in [2.24, 2.45) is 0 Å². The highest BCUT2D eigenvalue weighted by molar-refractivity contribution is 5.20. The highest BCUT2D eigenvalue weighted by Gasteiger charge is 2.04. The predicted octanol–water partition coefficient (Wildman–Crippen LogP) is 3.01. The summed E-state index contributed by atoms with van der Waals surface area (Å²) in [5.41, 5.74) is 5.85. The van der Waals surface area contributed by atoms with Crippen LogP contribution in [0.25, 0.3) is 0 Å². The van der Waals surface area contributed by atoms with Crippen molar-refractivity contribution in [2.45, 2.75) is 63.8 Å². The first kappa shape index (κ1) is 50.4. The second-order valence-corrected chi connectivity index (χ2v) is 12.8. The maximum absolute atomic E-state index is 9.01. The Morgan fingerprint density at radius 3 is 1.14 bits per heavy atom. The fraction of sp³-hybridized carbons (Fsp3) is 0.455. The van der Waals surface area contributed by atoms with Gasteiger partial charge < -0.3 is 59.8 Å². The molecule has 0 aliphatic rings. The summed E-state index contributed by atoms with van der Waals surface area (Å²) >= 11 is 0. The van der Waals surface area contributed by atoms with Gasteiger partial charge in [0.2, 0.25) is 0 Å². The standard InChI is InChI=1S/C12H18O3.2C11H16O3.C10H14O3/c13-9-12(14)10-15-8-4-7-11-5-2-1-3-6-11;1-9-2-4-10(5-3-9)7-14-8-11(13)6-12;12-8-11(13)9-14-7-6-10-4-2-1-3-5-10;11-6-10(12)8-13-7-9-4-2-1-3-5-9/h1-3,5-6,12-14H,4,7-10H2;2-5,11-13H,6-8H2,1H3;1-5,11-13H,6-9H2;1-5,10-12H,6-8H2. The van der Waals surface area contributed by atoms with Crippen LogP contribution in [-0.4, -0.2) is 131 Å². The van der Waals surface area contributed by atoms with Crippen LogP contribution in [0.2, 0.25) is 0 Å². The molecule has 0 spiro atoms. The molecule has 0 saturated carbocycles. The second kappa shape index (κ2) is 34.6. The van der Waals surface area contributed by atoms with E-state index in [1.54, 1.807) is 0 Å². The van der Waals surface area contributed by atoms with E-state index in [2.05, 4.69) is 12.1 Å². The zero-order valence-corrected chi connectivity index (χ0v) is 32.6. The van der Waals surface area contributed by atoms with Crippen molar-refractivity contribution in [3.63, 3.8) is 0 Å². The van der Waals surface area contributed by atoms with E-state index in [0.717, 1.165) is 30.4 Å². The third-order valence-electron chi connectivity index (χ3n) is 7.56. The van der Waals surface area contributed by atoms with Crippen LogP contribution in [0.1, 0.15) is 34.2 Å². The monoisotopic (exact) mass is 784 g/mol. The third-order valence-corrected chi connectivity index (χ3v) is 7.56. The van der Waals surface area contributed by atoms with Crippen molar-refractivity contribution in [3.05, 3.63) is 143 Å². The molecule has 12 heteroatoms. The maximum atomic E-state index is 9.01. The molecule has 0 aliphatic carbocycles.